The third kappa shape index (κ3) is 5.32. The Labute approximate surface area is 188 Å². The first-order valence-corrected chi connectivity index (χ1v) is 10.8. The fourth-order valence-corrected chi connectivity index (χ4v) is 3.52. The number of nitrogens with zero attached hydrogens (tertiary/aromatic N) is 5. The van der Waals surface area contributed by atoms with Gasteiger partial charge in [0.15, 0.2) is 11.6 Å². The van der Waals surface area contributed by atoms with Crippen molar-refractivity contribution in [3.05, 3.63) is 66.4 Å². The van der Waals surface area contributed by atoms with Gasteiger partial charge in [0.05, 0.1) is 0 Å². The number of amides is 2. The maximum atomic E-state index is 12.7. The molecule has 0 radical (unpaired) electrons. The van der Waals surface area contributed by atoms with Crippen LogP contribution in [-0.2, 0) is 5.41 Å². The molecule has 32 heavy (non-hydrogen) atoms. The largest absolute Gasteiger partial charge is 0.352 e. The SMILES string of the molecule is CC(C)(C)c1ccc(NC(=O)N2CCN(c3ccc(Nc4ccccn4)nn3)CC2)cc1. The molecule has 166 valence electrons. The van der Waals surface area contributed by atoms with Crippen LogP contribution in [0.2, 0.25) is 0 Å². The first-order valence-electron chi connectivity index (χ1n) is 10.8. The second-order valence-electron chi connectivity index (χ2n) is 8.85. The number of aromatic nitrogens is 3. The van der Waals surface area contributed by atoms with Crippen molar-refractivity contribution in [1.82, 2.24) is 20.1 Å². The minimum absolute atomic E-state index is 0.0749. The van der Waals surface area contributed by atoms with Gasteiger partial charge < -0.3 is 20.4 Å². The van der Waals surface area contributed by atoms with E-state index in [0.717, 1.165) is 17.3 Å². The number of hydrogen-bond donors (Lipinski definition) is 2. The highest BCUT2D eigenvalue weighted by molar-refractivity contribution is 5.89. The van der Waals surface area contributed by atoms with Gasteiger partial charge >= 0.3 is 6.03 Å². The van der Waals surface area contributed by atoms with Crippen molar-refractivity contribution in [3.8, 4) is 0 Å². The van der Waals surface area contributed by atoms with Crippen LogP contribution in [0.5, 0.6) is 0 Å². The number of pyridine rings is 1. The molecule has 2 aromatic heterocycles. The zero-order valence-electron chi connectivity index (χ0n) is 18.7. The van der Waals surface area contributed by atoms with Gasteiger partial charge in [-0.1, -0.05) is 39.0 Å². The number of rotatable bonds is 4. The van der Waals surface area contributed by atoms with Crippen molar-refractivity contribution < 1.29 is 4.79 Å². The lowest BCUT2D eigenvalue weighted by Gasteiger charge is -2.35. The van der Waals surface area contributed by atoms with Gasteiger partial charge in [0, 0.05) is 38.1 Å². The Hall–Kier alpha value is -3.68. The maximum Gasteiger partial charge on any atom is 0.321 e. The molecule has 0 spiro atoms. The number of benzene rings is 1. The molecule has 3 heterocycles. The molecule has 8 heteroatoms. The van der Waals surface area contributed by atoms with Gasteiger partial charge in [-0.05, 0) is 47.4 Å². The summed E-state index contributed by atoms with van der Waals surface area (Å²) >= 11 is 0. The van der Waals surface area contributed by atoms with Crippen LogP contribution in [0.15, 0.2) is 60.8 Å². The van der Waals surface area contributed by atoms with E-state index < -0.39 is 0 Å². The number of piperazine rings is 1. The number of anilines is 4. The molecule has 1 saturated heterocycles. The Morgan fingerprint density at radius 1 is 0.875 bits per heavy atom. The summed E-state index contributed by atoms with van der Waals surface area (Å²) in [6.07, 6.45) is 1.72. The van der Waals surface area contributed by atoms with Crippen molar-refractivity contribution in [2.24, 2.45) is 0 Å². The summed E-state index contributed by atoms with van der Waals surface area (Å²) in [5.41, 5.74) is 2.15. The minimum atomic E-state index is -0.0749. The van der Waals surface area contributed by atoms with E-state index in [1.807, 2.05) is 47.4 Å². The van der Waals surface area contributed by atoms with Crippen molar-refractivity contribution >= 4 is 29.2 Å². The van der Waals surface area contributed by atoms with Crippen molar-refractivity contribution in [3.63, 3.8) is 0 Å². The molecule has 1 fully saturated rings. The molecular formula is C24H29N7O. The van der Waals surface area contributed by atoms with Crippen LogP contribution in [0.4, 0.5) is 27.9 Å². The normalized spacial score (nSPS) is 14.2. The van der Waals surface area contributed by atoms with Crippen LogP contribution >= 0.6 is 0 Å². The van der Waals surface area contributed by atoms with Gasteiger partial charge in [0.25, 0.3) is 0 Å². The van der Waals surface area contributed by atoms with Crippen LogP contribution in [0.25, 0.3) is 0 Å². The average molecular weight is 432 g/mol. The Morgan fingerprint density at radius 3 is 2.22 bits per heavy atom. The minimum Gasteiger partial charge on any atom is -0.352 e. The Kier molecular flexibility index (Phi) is 6.20. The Morgan fingerprint density at radius 2 is 1.62 bits per heavy atom. The van der Waals surface area contributed by atoms with Crippen molar-refractivity contribution in [2.75, 3.05) is 41.7 Å². The first-order chi connectivity index (χ1) is 15.4. The zero-order valence-corrected chi connectivity index (χ0v) is 18.7. The smallest absolute Gasteiger partial charge is 0.321 e. The van der Waals surface area contributed by atoms with Crippen LogP contribution in [0.1, 0.15) is 26.3 Å². The number of carbonyl (C=O) groups excluding carboxylic acids is 1. The monoisotopic (exact) mass is 431 g/mol. The molecule has 1 aliphatic rings. The predicted molar refractivity (Wildman–Crippen MR) is 127 cm³/mol. The molecule has 0 atom stereocenters. The van der Waals surface area contributed by atoms with Crippen molar-refractivity contribution in [1.29, 1.82) is 0 Å². The molecule has 0 bridgehead atoms. The van der Waals surface area contributed by atoms with Gasteiger partial charge in [-0.15, -0.1) is 10.2 Å². The Bertz CT molecular complexity index is 1020. The van der Waals surface area contributed by atoms with E-state index in [9.17, 15) is 4.79 Å². The molecule has 0 saturated carbocycles. The summed E-state index contributed by atoms with van der Waals surface area (Å²) in [6, 6.07) is 17.5. The molecule has 1 aromatic carbocycles. The Balaban J connectivity index is 1.28. The third-order valence-corrected chi connectivity index (χ3v) is 5.46. The highest BCUT2D eigenvalue weighted by Gasteiger charge is 2.22. The molecule has 0 aliphatic carbocycles. The number of urea groups is 1. The molecule has 1 aliphatic heterocycles. The van der Waals surface area contributed by atoms with E-state index >= 15 is 0 Å². The van der Waals surface area contributed by atoms with E-state index in [0.29, 0.717) is 32.0 Å². The fraction of sp³-hybridized carbons (Fsp3) is 0.333. The first kappa shape index (κ1) is 21.5. The van der Waals surface area contributed by atoms with Crippen LogP contribution in [-0.4, -0.2) is 52.3 Å². The highest BCUT2D eigenvalue weighted by atomic mass is 16.2. The van der Waals surface area contributed by atoms with Gasteiger partial charge in [0.1, 0.15) is 5.82 Å². The van der Waals surface area contributed by atoms with Gasteiger partial charge in [-0.25, -0.2) is 9.78 Å². The lowest BCUT2D eigenvalue weighted by Crippen LogP contribution is -2.50. The van der Waals surface area contributed by atoms with E-state index in [1.54, 1.807) is 6.20 Å². The van der Waals surface area contributed by atoms with Crippen LogP contribution in [0, 0.1) is 0 Å². The zero-order chi connectivity index (χ0) is 22.6. The molecule has 4 rings (SSSR count). The van der Waals surface area contributed by atoms with Gasteiger partial charge in [-0.2, -0.15) is 0 Å². The van der Waals surface area contributed by atoms with E-state index in [2.05, 4.69) is 63.6 Å². The predicted octanol–water partition coefficient (Wildman–Crippen LogP) is 4.27. The summed E-state index contributed by atoms with van der Waals surface area (Å²) in [4.78, 5) is 20.9. The molecule has 0 unspecified atom stereocenters. The van der Waals surface area contributed by atoms with E-state index in [1.165, 1.54) is 5.56 Å². The molecule has 3 aromatic rings. The number of nitrogens with one attached hydrogen (secondary N) is 2. The maximum absolute atomic E-state index is 12.7. The number of carbonyl (C=O) groups is 1. The van der Waals surface area contributed by atoms with Crippen LogP contribution in [0.3, 0.4) is 0 Å². The van der Waals surface area contributed by atoms with E-state index in [-0.39, 0.29) is 11.4 Å². The fourth-order valence-electron chi connectivity index (χ4n) is 3.52. The summed E-state index contributed by atoms with van der Waals surface area (Å²) < 4.78 is 0. The topological polar surface area (TPSA) is 86.3 Å². The average Bonchev–Trinajstić information content (AvgIpc) is 2.80. The van der Waals surface area contributed by atoms with E-state index in [4.69, 9.17) is 0 Å². The standard InChI is InChI=1S/C24H29N7O/c1-24(2,3)18-7-9-19(10-8-18)26-23(32)31-16-14-30(15-17-31)22-12-11-21(28-29-22)27-20-6-4-5-13-25-20/h4-13H,14-17H2,1-3H3,(H,26,32)(H,25,27,28). The summed E-state index contributed by atoms with van der Waals surface area (Å²) in [5.74, 6) is 2.17. The van der Waals surface area contributed by atoms with Gasteiger partial charge in [-0.3, -0.25) is 0 Å². The second kappa shape index (κ2) is 9.21. The summed E-state index contributed by atoms with van der Waals surface area (Å²) in [7, 11) is 0. The van der Waals surface area contributed by atoms with Gasteiger partial charge in [0.2, 0.25) is 0 Å². The number of hydrogen-bond acceptors (Lipinski definition) is 6. The highest BCUT2D eigenvalue weighted by Crippen LogP contribution is 2.24. The summed E-state index contributed by atoms with van der Waals surface area (Å²) in [6.45, 7) is 9.19. The molecule has 8 nitrogen and oxygen atoms in total. The lowest BCUT2D eigenvalue weighted by atomic mass is 9.87. The molecule has 2 amide bonds. The summed E-state index contributed by atoms with van der Waals surface area (Å²) in [5, 5.41) is 14.7. The van der Waals surface area contributed by atoms with Crippen molar-refractivity contribution in [2.45, 2.75) is 26.2 Å². The molecular weight excluding hydrogens is 402 g/mol. The molecule has 2 N–H and O–H groups in total. The third-order valence-electron chi connectivity index (χ3n) is 5.46. The lowest BCUT2D eigenvalue weighted by molar-refractivity contribution is 0.208. The second-order valence-corrected chi connectivity index (χ2v) is 8.85. The quantitative estimate of drug-likeness (QED) is 0.642. The van der Waals surface area contributed by atoms with Crippen LogP contribution < -0.4 is 15.5 Å².